The van der Waals surface area contributed by atoms with Crippen LogP contribution in [0.25, 0.3) is 0 Å². The molecule has 3 rings (SSSR count). The molecule has 0 spiro atoms. The van der Waals surface area contributed by atoms with Crippen LogP contribution >= 0.6 is 11.6 Å². The van der Waals surface area contributed by atoms with Gasteiger partial charge in [0.1, 0.15) is 22.6 Å². The summed E-state index contributed by atoms with van der Waals surface area (Å²) < 4.78 is 49.2. The highest BCUT2D eigenvalue weighted by molar-refractivity contribution is 6.30. The van der Waals surface area contributed by atoms with Gasteiger partial charge in [-0.3, -0.25) is 4.79 Å². The molecule has 0 aliphatic heterocycles. The topological polar surface area (TPSA) is 59.3 Å². The number of halogens is 4. The number of rotatable bonds is 6. The molecule has 8 heteroatoms. The predicted molar refractivity (Wildman–Crippen MR) is 108 cm³/mol. The van der Waals surface area contributed by atoms with Crippen LogP contribution in [0, 0.1) is 28.6 Å². The Balaban J connectivity index is 1.72. The Kier molecular flexibility index (Phi) is 6.33. The van der Waals surface area contributed by atoms with Crippen LogP contribution in [-0.4, -0.2) is 12.1 Å². The molecule has 1 aliphatic carbocycles. The number of esters is 1. The number of benzene rings is 2. The standard InChI is InChI=1S/C23H19ClF3NO3/c1-22(2)17(12-19(24)23(25,26)27)20(22)21(29)31-18(13-28)14-7-6-10-16(11-14)30-15-8-4-3-5-9-15/h3-12,17-18,20H,1-2H3/b19-12+/t17?,18-,20+/m0/s1. The Morgan fingerprint density at radius 2 is 1.81 bits per heavy atom. The third-order valence-electron chi connectivity index (χ3n) is 5.25. The van der Waals surface area contributed by atoms with Crippen molar-refractivity contribution < 1.29 is 27.4 Å². The highest BCUT2D eigenvalue weighted by atomic mass is 35.5. The maximum atomic E-state index is 12.7. The van der Waals surface area contributed by atoms with Gasteiger partial charge in [0.15, 0.2) is 0 Å². The molecular formula is C23H19ClF3NO3. The Hall–Kier alpha value is -2.98. The lowest BCUT2D eigenvalue weighted by atomic mass is 10.1. The molecule has 4 nitrogen and oxygen atoms in total. The Bertz CT molecular complexity index is 1030. The van der Waals surface area contributed by atoms with Gasteiger partial charge < -0.3 is 9.47 Å². The zero-order valence-electron chi connectivity index (χ0n) is 16.7. The lowest BCUT2D eigenvalue weighted by molar-refractivity contribution is -0.149. The average molecular weight is 450 g/mol. The number of alkyl halides is 3. The number of carbonyl (C=O) groups excluding carboxylic acids is 1. The van der Waals surface area contributed by atoms with Gasteiger partial charge in [0, 0.05) is 5.56 Å². The van der Waals surface area contributed by atoms with Crippen molar-refractivity contribution in [3.8, 4) is 17.6 Å². The van der Waals surface area contributed by atoms with Gasteiger partial charge in [0.05, 0.1) is 5.92 Å². The van der Waals surface area contributed by atoms with Crippen molar-refractivity contribution in [3.05, 3.63) is 71.3 Å². The smallest absolute Gasteiger partial charge is 0.426 e. The first-order chi connectivity index (χ1) is 14.5. The molecule has 0 saturated heterocycles. The molecule has 31 heavy (non-hydrogen) atoms. The zero-order valence-corrected chi connectivity index (χ0v) is 17.4. The van der Waals surface area contributed by atoms with Crippen molar-refractivity contribution in [3.63, 3.8) is 0 Å². The van der Waals surface area contributed by atoms with E-state index in [0.717, 1.165) is 6.08 Å². The molecule has 1 fully saturated rings. The largest absolute Gasteiger partial charge is 0.457 e. The first kappa shape index (κ1) is 22.7. The third-order valence-corrected chi connectivity index (χ3v) is 5.59. The van der Waals surface area contributed by atoms with Crippen molar-refractivity contribution in [2.75, 3.05) is 0 Å². The molecule has 0 amide bonds. The summed E-state index contributed by atoms with van der Waals surface area (Å²) in [7, 11) is 0. The summed E-state index contributed by atoms with van der Waals surface area (Å²) in [5.41, 5.74) is -0.371. The van der Waals surface area contributed by atoms with Gasteiger partial charge in [0.2, 0.25) is 6.10 Å². The first-order valence-electron chi connectivity index (χ1n) is 9.41. The lowest BCUT2D eigenvalue weighted by Crippen LogP contribution is -2.14. The molecule has 1 unspecified atom stereocenters. The van der Waals surface area contributed by atoms with E-state index in [-0.39, 0.29) is 0 Å². The molecule has 0 aromatic heterocycles. The summed E-state index contributed by atoms with van der Waals surface area (Å²) >= 11 is 5.32. The molecule has 0 bridgehead atoms. The fourth-order valence-electron chi connectivity index (χ4n) is 3.42. The minimum atomic E-state index is -4.68. The van der Waals surface area contributed by atoms with Crippen LogP contribution in [0.3, 0.4) is 0 Å². The van der Waals surface area contributed by atoms with Crippen LogP contribution in [0.5, 0.6) is 11.5 Å². The highest BCUT2D eigenvalue weighted by Gasteiger charge is 2.62. The van der Waals surface area contributed by atoms with E-state index >= 15 is 0 Å². The van der Waals surface area contributed by atoms with E-state index in [4.69, 9.17) is 21.1 Å². The Labute approximate surface area is 182 Å². The highest BCUT2D eigenvalue weighted by Crippen LogP contribution is 2.60. The number of allylic oxidation sites excluding steroid dienone is 2. The van der Waals surface area contributed by atoms with Crippen LogP contribution in [-0.2, 0) is 9.53 Å². The molecule has 0 N–H and O–H groups in total. The van der Waals surface area contributed by atoms with Gasteiger partial charge in [0.25, 0.3) is 0 Å². The summed E-state index contributed by atoms with van der Waals surface area (Å²) in [6, 6.07) is 17.4. The summed E-state index contributed by atoms with van der Waals surface area (Å²) in [6.45, 7) is 3.30. The second-order valence-corrected chi connectivity index (χ2v) is 8.18. The molecule has 0 radical (unpaired) electrons. The number of para-hydroxylation sites is 1. The minimum absolute atomic E-state index is 0.392. The SMILES string of the molecule is CC1(C)C(/C=C(/Cl)C(F)(F)F)[C@@H]1C(=O)O[C@@H](C#N)c1cccc(Oc2ccccc2)c1. The number of hydrogen-bond acceptors (Lipinski definition) is 4. The Morgan fingerprint density at radius 1 is 1.16 bits per heavy atom. The Morgan fingerprint density at radius 3 is 2.42 bits per heavy atom. The minimum Gasteiger partial charge on any atom is -0.457 e. The molecule has 3 atom stereocenters. The van der Waals surface area contributed by atoms with E-state index in [1.807, 2.05) is 24.3 Å². The van der Waals surface area contributed by atoms with Gasteiger partial charge in [-0.15, -0.1) is 0 Å². The average Bonchev–Trinajstić information content (AvgIpc) is 3.26. The normalized spacial score (nSPS) is 21.0. The van der Waals surface area contributed by atoms with Gasteiger partial charge in [-0.05, 0) is 35.6 Å². The molecule has 2 aromatic rings. The molecule has 162 valence electrons. The van der Waals surface area contributed by atoms with Crippen molar-refractivity contribution in [1.82, 2.24) is 0 Å². The molecule has 1 aliphatic rings. The van der Waals surface area contributed by atoms with Gasteiger partial charge >= 0.3 is 12.1 Å². The van der Waals surface area contributed by atoms with E-state index in [9.17, 15) is 23.2 Å². The second-order valence-electron chi connectivity index (χ2n) is 7.77. The quantitative estimate of drug-likeness (QED) is 0.469. The fraction of sp³-hybridized carbons (Fsp3) is 0.304. The van der Waals surface area contributed by atoms with E-state index in [1.54, 1.807) is 50.2 Å². The van der Waals surface area contributed by atoms with E-state index in [2.05, 4.69) is 0 Å². The van der Waals surface area contributed by atoms with Crippen LogP contribution in [0.1, 0.15) is 25.5 Å². The lowest BCUT2D eigenvalue weighted by Gasteiger charge is -2.13. The van der Waals surface area contributed by atoms with Crippen LogP contribution in [0.4, 0.5) is 13.2 Å². The maximum Gasteiger partial charge on any atom is 0.426 e. The van der Waals surface area contributed by atoms with Crippen LogP contribution < -0.4 is 4.74 Å². The van der Waals surface area contributed by atoms with Crippen molar-refractivity contribution >= 4 is 17.6 Å². The van der Waals surface area contributed by atoms with Crippen molar-refractivity contribution in [2.24, 2.45) is 17.3 Å². The van der Waals surface area contributed by atoms with Gasteiger partial charge in [-0.2, -0.15) is 18.4 Å². The number of nitriles is 1. The molecule has 1 saturated carbocycles. The third kappa shape index (κ3) is 5.20. The zero-order chi connectivity index (χ0) is 22.8. The van der Waals surface area contributed by atoms with Gasteiger partial charge in [-0.25, -0.2) is 0 Å². The molecular weight excluding hydrogens is 431 g/mol. The number of hydrogen-bond donors (Lipinski definition) is 0. The second kappa shape index (κ2) is 8.64. The monoisotopic (exact) mass is 449 g/mol. The van der Waals surface area contributed by atoms with Crippen molar-refractivity contribution in [2.45, 2.75) is 26.1 Å². The van der Waals surface area contributed by atoms with E-state index < -0.39 is 40.5 Å². The molecule has 0 heterocycles. The number of nitrogens with zero attached hydrogens (tertiary/aromatic N) is 1. The fourth-order valence-corrected chi connectivity index (χ4v) is 3.55. The summed E-state index contributed by atoms with van der Waals surface area (Å²) in [5.74, 6) is -1.27. The maximum absolute atomic E-state index is 12.7. The van der Waals surface area contributed by atoms with Crippen molar-refractivity contribution in [1.29, 1.82) is 5.26 Å². The summed E-state index contributed by atoms with van der Waals surface area (Å²) in [4.78, 5) is 12.6. The number of carbonyl (C=O) groups is 1. The summed E-state index contributed by atoms with van der Waals surface area (Å²) in [6.07, 6.45) is -5.07. The van der Waals surface area contributed by atoms with E-state index in [1.165, 1.54) is 0 Å². The predicted octanol–water partition coefficient (Wildman–Crippen LogP) is 6.54. The first-order valence-corrected chi connectivity index (χ1v) is 9.79. The molecule has 2 aromatic carbocycles. The summed E-state index contributed by atoms with van der Waals surface area (Å²) in [5, 5.41) is 8.23. The van der Waals surface area contributed by atoms with E-state index in [0.29, 0.717) is 17.1 Å². The van der Waals surface area contributed by atoms with Crippen LogP contribution in [0.2, 0.25) is 0 Å². The van der Waals surface area contributed by atoms with Gasteiger partial charge in [-0.1, -0.05) is 61.9 Å². The van der Waals surface area contributed by atoms with Crippen LogP contribution in [0.15, 0.2) is 65.7 Å². The number of ether oxygens (including phenoxy) is 2.